The van der Waals surface area contributed by atoms with Gasteiger partial charge >= 0.3 is 6.09 Å². The van der Waals surface area contributed by atoms with Crippen LogP contribution in [0.1, 0.15) is 62.4 Å². The first-order chi connectivity index (χ1) is 18.3. The van der Waals surface area contributed by atoms with Gasteiger partial charge in [0, 0.05) is 24.8 Å². The van der Waals surface area contributed by atoms with E-state index in [1.807, 2.05) is 32.9 Å². The number of carbonyl (C=O) groups is 2. The molecular weight excluding hydrogens is 522 g/mol. The fraction of sp³-hybridized carbons (Fsp3) is 0.429. The van der Waals surface area contributed by atoms with Gasteiger partial charge in [-0.05, 0) is 70.7 Å². The molecule has 0 aliphatic carbocycles. The quantitative estimate of drug-likeness (QED) is 0.290. The van der Waals surface area contributed by atoms with Crippen LogP contribution in [0.5, 0.6) is 5.88 Å². The molecule has 0 fully saturated rings. The summed E-state index contributed by atoms with van der Waals surface area (Å²) in [6, 6.07) is 5.48. The third-order valence-corrected chi connectivity index (χ3v) is 6.16. The number of nitrogens with two attached hydrogens (primary N) is 1. The summed E-state index contributed by atoms with van der Waals surface area (Å²) in [4.78, 5) is 40.1. The Morgan fingerprint density at radius 1 is 1.31 bits per heavy atom. The highest BCUT2D eigenvalue weighted by Crippen LogP contribution is 2.30. The Kier molecular flexibility index (Phi) is 9.58. The molecule has 0 saturated carbocycles. The van der Waals surface area contributed by atoms with Crippen molar-refractivity contribution in [3.05, 3.63) is 63.8 Å². The van der Waals surface area contributed by atoms with Crippen LogP contribution >= 0.6 is 11.6 Å². The lowest BCUT2D eigenvalue weighted by molar-refractivity contribution is -0.131. The lowest BCUT2D eigenvalue weighted by atomic mass is 9.91. The molecule has 2 heterocycles. The normalized spacial score (nSPS) is 13.6. The largest absolute Gasteiger partial charge is 0.474 e. The highest BCUT2D eigenvalue weighted by molar-refractivity contribution is 6.32. The number of carbonyl (C=O) groups excluding carboxylic acids is 2. The average Bonchev–Trinajstić information content (AvgIpc) is 2.85. The summed E-state index contributed by atoms with van der Waals surface area (Å²) in [6.07, 6.45) is 1.48. The zero-order valence-electron chi connectivity index (χ0n) is 23.3. The molecule has 11 heteroatoms. The molecule has 3 rings (SSSR count). The zero-order valence-corrected chi connectivity index (χ0v) is 24.0. The summed E-state index contributed by atoms with van der Waals surface area (Å²) in [5, 5.41) is 2.83. The van der Waals surface area contributed by atoms with E-state index in [-0.39, 0.29) is 24.5 Å². The molecule has 2 aromatic rings. The number of nitrogens with zero attached hydrogens (tertiary/aromatic N) is 3. The standard InChI is InChI=1S/C28H36ClN5O5/c1-16(2)37-26-23(29)12-20(13-31-26)25(39-30)33-18(4)21-9-8-19-15-34(11-10-22(19)17(21)3)24(35)14-32-27(36)38-28(5,6)7/h8-9,12-13,16H,4,10-11,14-15,30H2,1-3,5-7H3,(H,32,36). The maximum Gasteiger partial charge on any atom is 0.408 e. The van der Waals surface area contributed by atoms with E-state index < -0.39 is 11.7 Å². The SMILES string of the molecule is C=C(N=C(ON)c1cnc(OC(C)C)c(Cl)c1)c1ccc2c(c1C)CCN(C(=O)CNC(=O)OC(C)(C)C)C2. The number of aromatic nitrogens is 1. The van der Waals surface area contributed by atoms with Crippen molar-refractivity contribution in [1.82, 2.24) is 15.2 Å². The number of hydrogen-bond donors (Lipinski definition) is 2. The summed E-state index contributed by atoms with van der Waals surface area (Å²) >= 11 is 6.31. The van der Waals surface area contributed by atoms with Gasteiger partial charge in [0.1, 0.15) is 17.2 Å². The average molecular weight is 558 g/mol. The van der Waals surface area contributed by atoms with Gasteiger partial charge in [-0.1, -0.05) is 30.3 Å². The number of alkyl carbamates (subject to hydrolysis) is 1. The number of rotatable bonds is 7. The molecule has 1 aliphatic heterocycles. The van der Waals surface area contributed by atoms with Gasteiger partial charge in [-0.25, -0.2) is 14.8 Å². The third-order valence-electron chi connectivity index (χ3n) is 5.88. The second kappa shape index (κ2) is 12.5. The van der Waals surface area contributed by atoms with Crippen LogP contribution in [0.3, 0.4) is 0 Å². The maximum atomic E-state index is 12.7. The fourth-order valence-corrected chi connectivity index (χ4v) is 4.34. The molecule has 0 atom stereocenters. The molecule has 0 spiro atoms. The molecule has 1 aromatic heterocycles. The Bertz CT molecular complexity index is 1290. The van der Waals surface area contributed by atoms with E-state index in [9.17, 15) is 9.59 Å². The molecule has 1 aliphatic rings. The number of nitrogens with one attached hydrogen (secondary N) is 1. The summed E-state index contributed by atoms with van der Waals surface area (Å²) in [5.41, 5.74) is 4.29. The molecular formula is C28H36ClN5O5. The van der Waals surface area contributed by atoms with Crippen molar-refractivity contribution < 1.29 is 23.9 Å². The first-order valence-electron chi connectivity index (χ1n) is 12.6. The second-order valence-corrected chi connectivity index (χ2v) is 10.9. The number of halogens is 1. The predicted molar refractivity (Wildman–Crippen MR) is 150 cm³/mol. The molecule has 2 amide bonds. The zero-order chi connectivity index (χ0) is 28.9. The Balaban J connectivity index is 1.72. The van der Waals surface area contributed by atoms with E-state index in [1.165, 1.54) is 6.20 Å². The highest BCUT2D eigenvalue weighted by Gasteiger charge is 2.24. The molecule has 0 radical (unpaired) electrons. The number of aliphatic imine (C=N–C) groups is 1. The first-order valence-corrected chi connectivity index (χ1v) is 13.0. The summed E-state index contributed by atoms with van der Waals surface area (Å²) < 4.78 is 10.8. The second-order valence-electron chi connectivity index (χ2n) is 10.5. The van der Waals surface area contributed by atoms with E-state index in [4.69, 9.17) is 31.8 Å². The van der Waals surface area contributed by atoms with Gasteiger partial charge in [0.15, 0.2) is 0 Å². The van der Waals surface area contributed by atoms with Crippen LogP contribution in [0.2, 0.25) is 5.02 Å². The Hall–Kier alpha value is -3.63. The van der Waals surface area contributed by atoms with Gasteiger partial charge < -0.3 is 24.5 Å². The maximum absolute atomic E-state index is 12.7. The summed E-state index contributed by atoms with van der Waals surface area (Å²) in [5.74, 6) is 5.76. The number of hydrogen-bond acceptors (Lipinski definition) is 8. The van der Waals surface area contributed by atoms with Crippen LogP contribution in [0.4, 0.5) is 4.79 Å². The molecule has 3 N–H and O–H groups in total. The van der Waals surface area contributed by atoms with E-state index in [1.54, 1.807) is 31.7 Å². The van der Waals surface area contributed by atoms with Gasteiger partial charge in [0.25, 0.3) is 0 Å². The van der Waals surface area contributed by atoms with E-state index in [0.717, 1.165) is 22.3 Å². The van der Waals surface area contributed by atoms with Crippen molar-refractivity contribution in [3.63, 3.8) is 0 Å². The molecule has 210 valence electrons. The van der Waals surface area contributed by atoms with Gasteiger partial charge in [0.05, 0.1) is 17.4 Å². The van der Waals surface area contributed by atoms with Crippen LogP contribution in [-0.2, 0) is 27.3 Å². The minimum absolute atomic E-state index is 0.0781. The van der Waals surface area contributed by atoms with Crippen LogP contribution in [0.25, 0.3) is 5.70 Å². The van der Waals surface area contributed by atoms with E-state index in [0.29, 0.717) is 41.7 Å². The number of pyridine rings is 1. The van der Waals surface area contributed by atoms with Crippen molar-refractivity contribution in [2.75, 3.05) is 13.1 Å². The minimum Gasteiger partial charge on any atom is -0.474 e. The number of ether oxygens (including phenoxy) is 2. The number of benzene rings is 1. The Morgan fingerprint density at radius 2 is 2.03 bits per heavy atom. The Morgan fingerprint density at radius 3 is 2.64 bits per heavy atom. The molecule has 1 aromatic carbocycles. The van der Waals surface area contributed by atoms with Gasteiger partial charge in [-0.15, -0.1) is 0 Å². The lowest BCUT2D eigenvalue weighted by Crippen LogP contribution is -2.43. The molecule has 0 bridgehead atoms. The molecule has 39 heavy (non-hydrogen) atoms. The van der Waals surface area contributed by atoms with Crippen LogP contribution in [0.15, 0.2) is 36.0 Å². The molecule has 0 unspecified atom stereocenters. The number of amides is 2. The smallest absolute Gasteiger partial charge is 0.408 e. The van der Waals surface area contributed by atoms with Gasteiger partial charge in [-0.3, -0.25) is 4.79 Å². The first kappa shape index (κ1) is 29.9. The van der Waals surface area contributed by atoms with Gasteiger partial charge in [0.2, 0.25) is 17.7 Å². The summed E-state index contributed by atoms with van der Waals surface area (Å²) in [6.45, 7) is 16.0. The van der Waals surface area contributed by atoms with Gasteiger partial charge in [-0.2, -0.15) is 5.90 Å². The minimum atomic E-state index is -0.630. The highest BCUT2D eigenvalue weighted by atomic mass is 35.5. The molecule has 10 nitrogen and oxygen atoms in total. The third kappa shape index (κ3) is 7.93. The van der Waals surface area contributed by atoms with Crippen LogP contribution < -0.4 is 16.0 Å². The van der Waals surface area contributed by atoms with Crippen LogP contribution in [0, 0.1) is 6.92 Å². The van der Waals surface area contributed by atoms with E-state index >= 15 is 0 Å². The molecule has 0 saturated heterocycles. The van der Waals surface area contributed by atoms with Crippen molar-refractivity contribution in [1.29, 1.82) is 0 Å². The summed E-state index contributed by atoms with van der Waals surface area (Å²) in [7, 11) is 0. The van der Waals surface area contributed by atoms with E-state index in [2.05, 4.69) is 21.9 Å². The van der Waals surface area contributed by atoms with Crippen molar-refractivity contribution in [3.8, 4) is 5.88 Å². The van der Waals surface area contributed by atoms with Crippen molar-refractivity contribution in [2.24, 2.45) is 10.9 Å². The van der Waals surface area contributed by atoms with Crippen LogP contribution in [-0.4, -0.2) is 52.6 Å². The monoisotopic (exact) mass is 557 g/mol. The lowest BCUT2D eigenvalue weighted by Gasteiger charge is -2.31. The van der Waals surface area contributed by atoms with Crippen molar-refractivity contribution >= 4 is 35.2 Å². The Labute approximate surface area is 234 Å². The topological polar surface area (TPSA) is 128 Å². The fourth-order valence-electron chi connectivity index (χ4n) is 4.13. The van der Waals surface area contributed by atoms with Crippen molar-refractivity contribution in [2.45, 2.75) is 66.2 Å². The number of fused-ring (bicyclic) bond motifs is 1. The predicted octanol–water partition coefficient (Wildman–Crippen LogP) is 4.55.